The molecule has 16 heavy (non-hydrogen) atoms. The van der Waals surface area contributed by atoms with Gasteiger partial charge in [-0.15, -0.1) is 0 Å². The molecule has 0 atom stereocenters. The number of phenols is 1. The van der Waals surface area contributed by atoms with E-state index in [0.717, 1.165) is 18.2 Å². The van der Waals surface area contributed by atoms with E-state index < -0.39 is 28.0 Å². The van der Waals surface area contributed by atoms with Crippen LogP contribution < -0.4 is 0 Å². The minimum absolute atomic E-state index is 0.181. The van der Waals surface area contributed by atoms with Crippen molar-refractivity contribution in [3.63, 3.8) is 0 Å². The van der Waals surface area contributed by atoms with Gasteiger partial charge in [-0.25, -0.2) is 4.79 Å². The molecule has 0 spiro atoms. The molecule has 1 aromatic carbocycles. The van der Waals surface area contributed by atoms with Gasteiger partial charge in [0.05, 0.1) is 4.92 Å². The van der Waals surface area contributed by atoms with E-state index in [-0.39, 0.29) is 5.56 Å². The molecule has 84 valence electrons. The Morgan fingerprint density at radius 2 is 2.06 bits per heavy atom. The summed E-state index contributed by atoms with van der Waals surface area (Å²) >= 11 is 0. The van der Waals surface area contributed by atoms with E-state index in [0.29, 0.717) is 0 Å². The summed E-state index contributed by atoms with van der Waals surface area (Å²) in [5, 5.41) is 39.1. The van der Waals surface area contributed by atoms with E-state index in [1.165, 1.54) is 0 Å². The lowest BCUT2D eigenvalue weighted by molar-refractivity contribution is -0.385. The monoisotopic (exact) mass is 226 g/mol. The van der Waals surface area contributed by atoms with Crippen LogP contribution in [0.2, 0.25) is 0 Å². The van der Waals surface area contributed by atoms with Crippen molar-refractivity contribution in [3.8, 4) is 5.75 Å². The summed E-state index contributed by atoms with van der Waals surface area (Å²) in [5.74, 6) is -2.14. The second-order valence-electron chi connectivity index (χ2n) is 2.71. The first-order chi connectivity index (χ1) is 7.47. The van der Waals surface area contributed by atoms with Crippen molar-refractivity contribution >= 4 is 17.4 Å². The number of hydrogen-bond acceptors (Lipinski definition) is 6. The Bertz CT molecular complexity index is 481. The Morgan fingerprint density at radius 3 is 2.50 bits per heavy atom. The van der Waals surface area contributed by atoms with Crippen LogP contribution in [0.4, 0.5) is 5.69 Å². The summed E-state index contributed by atoms with van der Waals surface area (Å²) in [5.41, 5.74) is -1.59. The van der Waals surface area contributed by atoms with Crippen LogP contribution in [0.3, 0.4) is 0 Å². The Balaban J connectivity index is 3.32. The lowest BCUT2D eigenvalue weighted by Crippen LogP contribution is -2.14. The Morgan fingerprint density at radius 1 is 1.44 bits per heavy atom. The number of aromatic hydroxyl groups is 1. The molecule has 0 fully saturated rings. The summed E-state index contributed by atoms with van der Waals surface area (Å²) < 4.78 is 0. The lowest BCUT2D eigenvalue weighted by Gasteiger charge is -2.00. The molecule has 0 unspecified atom stereocenters. The first-order valence-corrected chi connectivity index (χ1v) is 3.90. The zero-order chi connectivity index (χ0) is 12.3. The number of carbonyl (C=O) groups is 1. The number of carboxylic acids is 1. The Hall–Kier alpha value is -2.64. The van der Waals surface area contributed by atoms with Gasteiger partial charge in [0.2, 0.25) is 0 Å². The number of phenolic OH excluding ortho intramolecular Hbond substituents is 1. The normalized spacial score (nSPS) is 11.1. The van der Waals surface area contributed by atoms with Gasteiger partial charge in [-0.3, -0.25) is 10.1 Å². The Labute approximate surface area is 88.2 Å². The van der Waals surface area contributed by atoms with Gasteiger partial charge in [0.25, 0.3) is 0 Å². The van der Waals surface area contributed by atoms with E-state index in [1.54, 1.807) is 0 Å². The van der Waals surface area contributed by atoms with E-state index >= 15 is 0 Å². The van der Waals surface area contributed by atoms with Gasteiger partial charge in [0.1, 0.15) is 0 Å². The second-order valence-corrected chi connectivity index (χ2v) is 2.71. The third kappa shape index (κ3) is 2.05. The van der Waals surface area contributed by atoms with E-state index in [1.807, 2.05) is 0 Å². The highest BCUT2D eigenvalue weighted by molar-refractivity contribution is 6.42. The quantitative estimate of drug-likeness (QED) is 0.298. The number of nitrogens with zero attached hydrogens (tertiary/aromatic N) is 2. The van der Waals surface area contributed by atoms with Gasteiger partial charge in [0, 0.05) is 11.6 Å². The molecule has 0 bridgehead atoms. The minimum atomic E-state index is -1.54. The number of hydrogen-bond donors (Lipinski definition) is 3. The molecule has 0 radical (unpaired) electrons. The molecule has 1 aromatic rings. The number of carboxylic acid groups (broad SMARTS) is 1. The van der Waals surface area contributed by atoms with E-state index in [9.17, 15) is 14.9 Å². The molecule has 8 heteroatoms. The van der Waals surface area contributed by atoms with Crippen LogP contribution in [0.5, 0.6) is 5.75 Å². The third-order valence-corrected chi connectivity index (χ3v) is 1.75. The van der Waals surface area contributed by atoms with Gasteiger partial charge < -0.3 is 15.4 Å². The summed E-state index contributed by atoms with van der Waals surface area (Å²) in [7, 11) is 0. The van der Waals surface area contributed by atoms with Crippen LogP contribution in [0.1, 0.15) is 5.56 Å². The van der Waals surface area contributed by atoms with Crippen LogP contribution in [-0.2, 0) is 4.79 Å². The fourth-order valence-corrected chi connectivity index (χ4v) is 1.04. The fraction of sp³-hybridized carbons (Fsp3) is 0. The maximum atomic E-state index is 10.6. The van der Waals surface area contributed by atoms with Crippen LogP contribution in [0.15, 0.2) is 23.4 Å². The average molecular weight is 226 g/mol. The molecule has 1 rings (SSSR count). The molecule has 0 saturated carbocycles. The van der Waals surface area contributed by atoms with Crippen LogP contribution >= 0.6 is 0 Å². The molecule has 8 nitrogen and oxygen atoms in total. The lowest BCUT2D eigenvalue weighted by atomic mass is 10.1. The molecule has 0 saturated heterocycles. The van der Waals surface area contributed by atoms with Gasteiger partial charge >= 0.3 is 11.7 Å². The maximum absolute atomic E-state index is 10.6. The number of rotatable bonds is 3. The molecular weight excluding hydrogens is 220 g/mol. The zero-order valence-electron chi connectivity index (χ0n) is 7.69. The van der Waals surface area contributed by atoms with Gasteiger partial charge in [0.15, 0.2) is 11.5 Å². The van der Waals surface area contributed by atoms with E-state index in [2.05, 4.69) is 5.16 Å². The Kier molecular flexibility index (Phi) is 3.04. The number of aliphatic carboxylic acids is 1. The molecule has 3 N–H and O–H groups in total. The molecule has 0 aliphatic rings. The molecule has 0 amide bonds. The molecular formula is C8H6N2O6. The second kappa shape index (κ2) is 4.26. The smallest absolute Gasteiger partial charge is 0.358 e. The van der Waals surface area contributed by atoms with Crippen LogP contribution in [0.25, 0.3) is 0 Å². The summed E-state index contributed by atoms with van der Waals surface area (Å²) in [6, 6.07) is 2.84. The largest absolute Gasteiger partial charge is 0.502 e. The number of nitro groups is 1. The van der Waals surface area contributed by atoms with Gasteiger partial charge in [-0.05, 0) is 12.1 Å². The predicted molar refractivity (Wildman–Crippen MR) is 50.7 cm³/mol. The summed E-state index contributed by atoms with van der Waals surface area (Å²) in [6.45, 7) is 0. The molecule has 0 aromatic heterocycles. The summed E-state index contributed by atoms with van der Waals surface area (Å²) in [4.78, 5) is 20.1. The van der Waals surface area contributed by atoms with Crippen LogP contribution in [0, 0.1) is 10.1 Å². The van der Waals surface area contributed by atoms with E-state index in [4.69, 9.17) is 15.4 Å². The van der Waals surface area contributed by atoms with Crippen molar-refractivity contribution in [2.75, 3.05) is 0 Å². The third-order valence-electron chi connectivity index (χ3n) is 1.75. The predicted octanol–water partition coefficient (Wildman–Crippen LogP) is 0.563. The van der Waals surface area contributed by atoms with Crippen molar-refractivity contribution in [1.82, 2.24) is 0 Å². The van der Waals surface area contributed by atoms with Crippen molar-refractivity contribution < 1.29 is 25.1 Å². The first-order valence-electron chi connectivity index (χ1n) is 3.90. The topological polar surface area (TPSA) is 133 Å². The van der Waals surface area contributed by atoms with Crippen molar-refractivity contribution in [1.29, 1.82) is 0 Å². The first kappa shape index (κ1) is 11.4. The van der Waals surface area contributed by atoms with Gasteiger partial charge in [-0.2, -0.15) is 0 Å². The fourth-order valence-electron chi connectivity index (χ4n) is 1.04. The standard InChI is InChI=1S/C8H6N2O6/c11-6-2-1-4(3-5(6)10(15)16)7(9-14)8(12)13/h1-3,11,14H,(H,12,13). The zero-order valence-corrected chi connectivity index (χ0v) is 7.69. The number of nitro benzene ring substituents is 1. The molecule has 0 aliphatic carbocycles. The number of benzene rings is 1. The van der Waals surface area contributed by atoms with Crippen molar-refractivity contribution in [3.05, 3.63) is 33.9 Å². The van der Waals surface area contributed by atoms with Gasteiger partial charge in [-0.1, -0.05) is 5.16 Å². The highest BCUT2D eigenvalue weighted by Crippen LogP contribution is 2.26. The van der Waals surface area contributed by atoms with Crippen molar-refractivity contribution in [2.45, 2.75) is 0 Å². The minimum Gasteiger partial charge on any atom is -0.502 e. The SMILES string of the molecule is O=C(O)C(=NO)c1ccc(O)c([N+](=O)[O-])c1. The number of oxime groups is 1. The highest BCUT2D eigenvalue weighted by atomic mass is 16.6. The molecule has 0 heterocycles. The average Bonchev–Trinajstić information content (AvgIpc) is 2.20. The summed E-state index contributed by atoms with van der Waals surface area (Å²) in [6.07, 6.45) is 0. The maximum Gasteiger partial charge on any atom is 0.358 e. The molecule has 0 aliphatic heterocycles. The van der Waals surface area contributed by atoms with Crippen LogP contribution in [-0.4, -0.2) is 32.0 Å². The highest BCUT2D eigenvalue weighted by Gasteiger charge is 2.19. The van der Waals surface area contributed by atoms with Crippen molar-refractivity contribution in [2.24, 2.45) is 5.16 Å².